The Morgan fingerprint density at radius 3 is 2.16 bits per heavy atom. The Kier molecular flexibility index (Phi) is 5.57. The number of nitro groups is 1. The molecule has 0 bridgehead atoms. The van der Waals surface area contributed by atoms with E-state index >= 15 is 0 Å². The van der Waals surface area contributed by atoms with Gasteiger partial charge >= 0.3 is 0 Å². The predicted molar refractivity (Wildman–Crippen MR) is 96.9 cm³/mol. The van der Waals surface area contributed by atoms with Crippen LogP contribution in [0.2, 0.25) is 0 Å². The van der Waals surface area contributed by atoms with Gasteiger partial charge in [0, 0.05) is 30.8 Å². The Morgan fingerprint density at radius 2 is 1.68 bits per heavy atom. The Balaban J connectivity index is 2.35. The lowest BCUT2D eigenvalue weighted by atomic mass is 9.78. The van der Waals surface area contributed by atoms with Crippen LogP contribution in [0.3, 0.4) is 0 Å². The van der Waals surface area contributed by atoms with E-state index < -0.39 is 11.5 Å². The van der Waals surface area contributed by atoms with Gasteiger partial charge in [0.25, 0.3) is 0 Å². The maximum atomic E-state index is 12.7. The minimum absolute atomic E-state index is 0.0728. The van der Waals surface area contributed by atoms with Gasteiger partial charge in [-0.05, 0) is 24.6 Å². The van der Waals surface area contributed by atoms with E-state index in [0.717, 1.165) is 11.1 Å². The van der Waals surface area contributed by atoms with Crippen molar-refractivity contribution in [2.75, 3.05) is 7.11 Å². The van der Waals surface area contributed by atoms with E-state index in [4.69, 9.17) is 4.74 Å². The number of ketones is 1. The molecule has 0 saturated carbocycles. The number of carbonyl (C=O) groups excluding carboxylic acids is 1. The highest BCUT2D eigenvalue weighted by Crippen LogP contribution is 2.35. The molecule has 0 spiro atoms. The first-order valence-corrected chi connectivity index (χ1v) is 8.14. The largest absolute Gasteiger partial charge is 0.497 e. The highest BCUT2D eigenvalue weighted by molar-refractivity contribution is 5.96. The van der Waals surface area contributed by atoms with Crippen molar-refractivity contribution in [3.05, 3.63) is 75.3 Å². The van der Waals surface area contributed by atoms with Crippen LogP contribution < -0.4 is 4.74 Å². The molecule has 1 atom stereocenters. The maximum absolute atomic E-state index is 12.7. The highest BCUT2D eigenvalue weighted by Gasteiger charge is 2.42. The van der Waals surface area contributed by atoms with Crippen molar-refractivity contribution in [2.45, 2.75) is 38.6 Å². The summed E-state index contributed by atoms with van der Waals surface area (Å²) in [7, 11) is 1.56. The molecule has 25 heavy (non-hydrogen) atoms. The summed E-state index contributed by atoms with van der Waals surface area (Å²) in [4.78, 5) is 24.0. The van der Waals surface area contributed by atoms with Crippen LogP contribution in [0.15, 0.2) is 48.5 Å². The number of ether oxygens (including phenoxy) is 1. The highest BCUT2D eigenvalue weighted by atomic mass is 16.6. The lowest BCUT2D eigenvalue weighted by Gasteiger charge is -2.27. The molecule has 0 amide bonds. The molecule has 0 saturated heterocycles. The number of Topliss-reactive ketones (excluding diaryl/α,β-unsaturated/α-hetero) is 1. The Bertz CT molecular complexity index is 748. The summed E-state index contributed by atoms with van der Waals surface area (Å²) >= 11 is 0. The second-order valence-corrected chi connectivity index (χ2v) is 6.73. The van der Waals surface area contributed by atoms with Crippen molar-refractivity contribution >= 4 is 5.78 Å². The maximum Gasteiger partial charge on any atom is 0.223 e. The van der Waals surface area contributed by atoms with E-state index in [-0.39, 0.29) is 17.1 Å². The van der Waals surface area contributed by atoms with Crippen LogP contribution in [0, 0.1) is 17.0 Å². The lowest BCUT2D eigenvalue weighted by molar-refractivity contribution is -0.565. The standard InChI is InChI=1S/C20H23NO4/c1-14-5-7-16(8-6-14)19(22)13-18(20(2,3)21(23)24)15-9-11-17(25-4)12-10-15/h5-12,18H,13H2,1-4H3. The van der Waals surface area contributed by atoms with Crippen molar-refractivity contribution in [1.29, 1.82) is 0 Å². The summed E-state index contributed by atoms with van der Waals surface area (Å²) in [5.74, 6) is 0.0317. The van der Waals surface area contributed by atoms with Crippen LogP contribution in [0.1, 0.15) is 47.7 Å². The third-order valence-electron chi connectivity index (χ3n) is 4.60. The number of hydrogen-bond donors (Lipinski definition) is 0. The first kappa shape index (κ1) is 18.6. The van der Waals surface area contributed by atoms with Crippen molar-refractivity contribution < 1.29 is 14.5 Å². The van der Waals surface area contributed by atoms with E-state index in [2.05, 4.69) is 0 Å². The zero-order valence-electron chi connectivity index (χ0n) is 15.0. The lowest BCUT2D eigenvalue weighted by Crippen LogP contribution is -2.39. The minimum atomic E-state index is -1.27. The van der Waals surface area contributed by atoms with Crippen molar-refractivity contribution in [3.8, 4) is 5.75 Å². The molecular formula is C20H23NO4. The van der Waals surface area contributed by atoms with Gasteiger partial charge in [0.2, 0.25) is 5.54 Å². The second-order valence-electron chi connectivity index (χ2n) is 6.73. The number of rotatable bonds is 7. The zero-order chi connectivity index (χ0) is 18.6. The Hall–Kier alpha value is -2.69. The molecule has 0 N–H and O–H groups in total. The van der Waals surface area contributed by atoms with Crippen LogP contribution in [0.5, 0.6) is 5.75 Å². The predicted octanol–water partition coefficient (Wildman–Crippen LogP) is 4.42. The molecule has 132 valence electrons. The van der Waals surface area contributed by atoms with Gasteiger partial charge in [-0.2, -0.15) is 0 Å². The number of hydrogen-bond acceptors (Lipinski definition) is 4. The number of aryl methyl sites for hydroxylation is 1. The monoisotopic (exact) mass is 341 g/mol. The minimum Gasteiger partial charge on any atom is -0.497 e. The summed E-state index contributed by atoms with van der Waals surface area (Å²) < 4.78 is 5.14. The molecule has 0 aliphatic rings. The molecule has 0 radical (unpaired) electrons. The van der Waals surface area contributed by atoms with Gasteiger partial charge in [0.1, 0.15) is 5.75 Å². The van der Waals surface area contributed by atoms with Crippen LogP contribution in [-0.2, 0) is 0 Å². The van der Waals surface area contributed by atoms with Gasteiger partial charge in [0.05, 0.1) is 13.0 Å². The van der Waals surface area contributed by atoms with Crippen LogP contribution in [-0.4, -0.2) is 23.4 Å². The zero-order valence-corrected chi connectivity index (χ0v) is 15.0. The Morgan fingerprint density at radius 1 is 1.12 bits per heavy atom. The molecule has 2 aromatic carbocycles. The fraction of sp³-hybridized carbons (Fsp3) is 0.350. The van der Waals surface area contributed by atoms with Crippen LogP contribution >= 0.6 is 0 Å². The fourth-order valence-corrected chi connectivity index (χ4v) is 2.78. The fourth-order valence-electron chi connectivity index (χ4n) is 2.78. The summed E-state index contributed by atoms with van der Waals surface area (Å²) in [6.45, 7) is 5.07. The number of carbonyl (C=O) groups is 1. The third kappa shape index (κ3) is 4.24. The summed E-state index contributed by atoms with van der Waals surface area (Å²) in [5.41, 5.74) is 1.12. The van der Waals surface area contributed by atoms with E-state index in [1.807, 2.05) is 19.1 Å². The normalized spacial score (nSPS) is 12.5. The molecule has 2 rings (SSSR count). The first-order valence-electron chi connectivity index (χ1n) is 8.14. The molecule has 5 heteroatoms. The topological polar surface area (TPSA) is 69.4 Å². The summed E-state index contributed by atoms with van der Waals surface area (Å²) in [6.07, 6.45) is 0.0728. The van der Waals surface area contributed by atoms with E-state index in [0.29, 0.717) is 11.3 Å². The molecule has 0 fully saturated rings. The van der Waals surface area contributed by atoms with Crippen molar-refractivity contribution in [3.63, 3.8) is 0 Å². The molecule has 1 unspecified atom stereocenters. The molecule has 0 aliphatic carbocycles. The van der Waals surface area contributed by atoms with Crippen molar-refractivity contribution in [2.24, 2.45) is 0 Å². The van der Waals surface area contributed by atoms with Gasteiger partial charge in [0.15, 0.2) is 5.78 Å². The van der Waals surface area contributed by atoms with Gasteiger partial charge in [-0.25, -0.2) is 0 Å². The third-order valence-corrected chi connectivity index (χ3v) is 4.60. The van der Waals surface area contributed by atoms with Crippen LogP contribution in [0.4, 0.5) is 0 Å². The molecule has 2 aromatic rings. The summed E-state index contributed by atoms with van der Waals surface area (Å²) in [5, 5.41) is 11.6. The number of methoxy groups -OCH3 is 1. The van der Waals surface area contributed by atoms with E-state index in [1.54, 1.807) is 57.4 Å². The van der Waals surface area contributed by atoms with E-state index in [1.165, 1.54) is 0 Å². The molecular weight excluding hydrogens is 318 g/mol. The van der Waals surface area contributed by atoms with Crippen LogP contribution in [0.25, 0.3) is 0 Å². The molecule has 5 nitrogen and oxygen atoms in total. The average Bonchev–Trinajstić information content (AvgIpc) is 2.60. The SMILES string of the molecule is COc1ccc(C(CC(=O)c2ccc(C)cc2)C(C)(C)[N+](=O)[O-])cc1. The molecule has 0 aliphatic heterocycles. The number of nitrogens with zero attached hydrogens (tertiary/aromatic N) is 1. The van der Waals surface area contributed by atoms with Gasteiger partial charge in [-0.1, -0.05) is 42.0 Å². The molecule has 0 aromatic heterocycles. The Labute approximate surface area is 147 Å². The average molecular weight is 341 g/mol. The van der Waals surface area contributed by atoms with Gasteiger partial charge < -0.3 is 4.74 Å². The first-order chi connectivity index (χ1) is 11.8. The van der Waals surface area contributed by atoms with Gasteiger partial charge in [-0.15, -0.1) is 0 Å². The molecule has 0 heterocycles. The smallest absolute Gasteiger partial charge is 0.223 e. The summed E-state index contributed by atoms with van der Waals surface area (Å²) in [6, 6.07) is 14.4. The number of benzene rings is 2. The quantitative estimate of drug-likeness (QED) is 0.425. The van der Waals surface area contributed by atoms with Crippen molar-refractivity contribution in [1.82, 2.24) is 0 Å². The van der Waals surface area contributed by atoms with E-state index in [9.17, 15) is 14.9 Å². The second kappa shape index (κ2) is 7.47. The van der Waals surface area contributed by atoms with Gasteiger partial charge in [-0.3, -0.25) is 14.9 Å².